The number of likely N-dealkylation sites (tertiary alicyclic amines) is 1. The van der Waals surface area contributed by atoms with E-state index in [1.54, 1.807) is 7.11 Å². The van der Waals surface area contributed by atoms with E-state index >= 15 is 0 Å². The first-order valence-corrected chi connectivity index (χ1v) is 7.90. The van der Waals surface area contributed by atoms with Gasteiger partial charge in [0, 0.05) is 18.3 Å². The fourth-order valence-corrected chi connectivity index (χ4v) is 3.01. The van der Waals surface area contributed by atoms with Crippen molar-refractivity contribution in [3.63, 3.8) is 0 Å². The van der Waals surface area contributed by atoms with Gasteiger partial charge in [-0.2, -0.15) is 0 Å². The number of para-hydroxylation sites is 1. The van der Waals surface area contributed by atoms with Crippen molar-refractivity contribution in [3.8, 4) is 22.8 Å². The zero-order chi connectivity index (χ0) is 15.4. The number of benzene rings is 1. The number of hydrogen-bond acceptors (Lipinski definition) is 4. The standard InChI is InChI=1S/C17H23N3O2/c1-22-16-8-4-3-7-14(16)15-13-20(18-17(15)21)12-11-19-9-5-2-6-10-19/h3-4,7-8,13H,2,5-6,9-12H2,1H3,(H,18,21). The maximum absolute atomic E-state index is 10.1. The molecule has 2 heterocycles. The number of methoxy groups -OCH3 is 1. The second-order valence-electron chi connectivity index (χ2n) is 5.73. The van der Waals surface area contributed by atoms with E-state index < -0.39 is 0 Å². The van der Waals surface area contributed by atoms with Gasteiger partial charge in [-0.05, 0) is 32.0 Å². The summed E-state index contributed by atoms with van der Waals surface area (Å²) in [5.74, 6) is 0.802. The van der Waals surface area contributed by atoms with Crippen LogP contribution in [0.2, 0.25) is 0 Å². The summed E-state index contributed by atoms with van der Waals surface area (Å²) in [5, 5.41) is 14.4. The Morgan fingerprint density at radius 2 is 1.86 bits per heavy atom. The molecular formula is C17H23N3O2. The number of hydrogen-bond donors (Lipinski definition) is 1. The lowest BCUT2D eigenvalue weighted by atomic mass is 10.1. The van der Waals surface area contributed by atoms with Crippen molar-refractivity contribution < 1.29 is 9.84 Å². The molecule has 22 heavy (non-hydrogen) atoms. The molecule has 3 rings (SSSR count). The lowest BCUT2D eigenvalue weighted by Gasteiger charge is -2.26. The topological polar surface area (TPSA) is 50.5 Å². The Labute approximate surface area is 131 Å². The number of rotatable bonds is 5. The van der Waals surface area contributed by atoms with Gasteiger partial charge in [0.25, 0.3) is 0 Å². The molecule has 1 aromatic heterocycles. The molecule has 1 aliphatic rings. The Morgan fingerprint density at radius 1 is 1.09 bits per heavy atom. The Morgan fingerprint density at radius 3 is 2.64 bits per heavy atom. The number of ether oxygens (including phenoxy) is 1. The first-order chi connectivity index (χ1) is 10.8. The second kappa shape index (κ2) is 6.83. The molecule has 0 radical (unpaired) electrons. The molecular weight excluding hydrogens is 278 g/mol. The van der Waals surface area contributed by atoms with E-state index in [2.05, 4.69) is 10.00 Å². The third kappa shape index (κ3) is 3.25. The van der Waals surface area contributed by atoms with Gasteiger partial charge in [-0.15, -0.1) is 5.10 Å². The SMILES string of the molecule is COc1ccccc1-c1cn(CCN2CCCCC2)nc1O. The normalized spacial score (nSPS) is 15.9. The van der Waals surface area contributed by atoms with Gasteiger partial charge in [-0.25, -0.2) is 0 Å². The second-order valence-corrected chi connectivity index (χ2v) is 5.73. The van der Waals surface area contributed by atoms with Gasteiger partial charge in [0.05, 0.1) is 19.2 Å². The molecule has 1 fully saturated rings. The summed E-state index contributed by atoms with van der Waals surface area (Å²) < 4.78 is 7.19. The minimum atomic E-state index is 0.0585. The summed E-state index contributed by atoms with van der Waals surface area (Å²) in [6.45, 7) is 4.12. The molecule has 5 nitrogen and oxygen atoms in total. The predicted molar refractivity (Wildman–Crippen MR) is 86.2 cm³/mol. The van der Waals surface area contributed by atoms with Crippen LogP contribution in [0.5, 0.6) is 11.6 Å². The number of aromatic hydroxyl groups is 1. The van der Waals surface area contributed by atoms with Crippen LogP contribution in [-0.2, 0) is 6.54 Å². The maximum atomic E-state index is 10.1. The van der Waals surface area contributed by atoms with Crippen molar-refractivity contribution in [1.82, 2.24) is 14.7 Å². The smallest absolute Gasteiger partial charge is 0.238 e. The molecule has 0 atom stereocenters. The third-order valence-electron chi connectivity index (χ3n) is 4.23. The Hall–Kier alpha value is -2.01. The van der Waals surface area contributed by atoms with E-state index in [-0.39, 0.29) is 5.88 Å². The highest BCUT2D eigenvalue weighted by Gasteiger charge is 2.15. The van der Waals surface area contributed by atoms with Crippen molar-refractivity contribution in [2.45, 2.75) is 25.8 Å². The summed E-state index contributed by atoms with van der Waals surface area (Å²) in [4.78, 5) is 2.46. The van der Waals surface area contributed by atoms with Crippen molar-refractivity contribution in [3.05, 3.63) is 30.5 Å². The fourth-order valence-electron chi connectivity index (χ4n) is 3.01. The van der Waals surface area contributed by atoms with Crippen molar-refractivity contribution in [2.75, 3.05) is 26.7 Å². The highest BCUT2D eigenvalue weighted by Crippen LogP contribution is 2.34. The molecule has 1 N–H and O–H groups in total. The molecule has 0 saturated carbocycles. The van der Waals surface area contributed by atoms with Gasteiger partial charge >= 0.3 is 0 Å². The monoisotopic (exact) mass is 301 g/mol. The van der Waals surface area contributed by atoms with E-state index in [1.165, 1.54) is 32.4 Å². The lowest BCUT2D eigenvalue weighted by molar-refractivity contribution is 0.217. The van der Waals surface area contributed by atoms with Crippen LogP contribution < -0.4 is 4.74 Å². The van der Waals surface area contributed by atoms with E-state index in [4.69, 9.17) is 4.74 Å². The molecule has 1 saturated heterocycles. The molecule has 0 unspecified atom stereocenters. The highest BCUT2D eigenvalue weighted by molar-refractivity contribution is 5.73. The molecule has 5 heteroatoms. The molecule has 1 aliphatic heterocycles. The summed E-state index contributed by atoms with van der Waals surface area (Å²) in [6.07, 6.45) is 5.82. The summed E-state index contributed by atoms with van der Waals surface area (Å²) in [7, 11) is 1.64. The maximum Gasteiger partial charge on any atom is 0.238 e. The predicted octanol–water partition coefficient (Wildman–Crippen LogP) is 2.75. The number of nitrogens with zero attached hydrogens (tertiary/aromatic N) is 3. The quantitative estimate of drug-likeness (QED) is 0.922. The molecule has 1 aromatic carbocycles. The van der Waals surface area contributed by atoms with Crippen LogP contribution in [0.15, 0.2) is 30.5 Å². The Balaban J connectivity index is 1.73. The van der Waals surface area contributed by atoms with Crippen LogP contribution >= 0.6 is 0 Å². The van der Waals surface area contributed by atoms with Gasteiger partial charge in [0.2, 0.25) is 5.88 Å². The van der Waals surface area contributed by atoms with Crippen LogP contribution in [0.3, 0.4) is 0 Å². The van der Waals surface area contributed by atoms with Crippen molar-refractivity contribution in [1.29, 1.82) is 0 Å². The van der Waals surface area contributed by atoms with Gasteiger partial charge < -0.3 is 14.7 Å². The number of aromatic nitrogens is 2. The average molecular weight is 301 g/mol. The van der Waals surface area contributed by atoms with Crippen molar-refractivity contribution in [2.24, 2.45) is 0 Å². The molecule has 0 bridgehead atoms. The zero-order valence-electron chi connectivity index (χ0n) is 13.0. The Bertz CT molecular complexity index is 618. The minimum absolute atomic E-state index is 0.0585. The van der Waals surface area contributed by atoms with Crippen LogP contribution in [0.25, 0.3) is 11.1 Å². The average Bonchev–Trinajstić information content (AvgIpc) is 2.94. The molecule has 0 aliphatic carbocycles. The van der Waals surface area contributed by atoms with Crippen LogP contribution in [0.1, 0.15) is 19.3 Å². The molecule has 2 aromatic rings. The van der Waals surface area contributed by atoms with E-state index in [1.807, 2.05) is 35.1 Å². The zero-order valence-corrected chi connectivity index (χ0v) is 13.0. The van der Waals surface area contributed by atoms with Crippen LogP contribution in [0.4, 0.5) is 0 Å². The Kier molecular flexibility index (Phi) is 4.63. The van der Waals surface area contributed by atoms with E-state index in [0.29, 0.717) is 0 Å². The summed E-state index contributed by atoms with van der Waals surface area (Å²) >= 11 is 0. The highest BCUT2D eigenvalue weighted by atomic mass is 16.5. The number of piperidine rings is 1. The third-order valence-corrected chi connectivity index (χ3v) is 4.23. The van der Waals surface area contributed by atoms with Gasteiger partial charge in [-0.1, -0.05) is 24.6 Å². The van der Waals surface area contributed by atoms with Crippen LogP contribution in [-0.4, -0.2) is 46.5 Å². The van der Waals surface area contributed by atoms with Gasteiger partial charge in [-0.3, -0.25) is 4.68 Å². The van der Waals surface area contributed by atoms with Crippen molar-refractivity contribution >= 4 is 0 Å². The largest absolute Gasteiger partial charge is 0.496 e. The van der Waals surface area contributed by atoms with E-state index in [9.17, 15) is 5.11 Å². The molecule has 118 valence electrons. The minimum Gasteiger partial charge on any atom is -0.496 e. The summed E-state index contributed by atoms with van der Waals surface area (Å²) in [5.41, 5.74) is 1.59. The molecule has 0 amide bonds. The first kappa shape index (κ1) is 14.9. The van der Waals surface area contributed by atoms with E-state index in [0.717, 1.165) is 30.0 Å². The van der Waals surface area contributed by atoms with Gasteiger partial charge in [0.15, 0.2) is 0 Å². The summed E-state index contributed by atoms with van der Waals surface area (Å²) in [6, 6.07) is 7.67. The van der Waals surface area contributed by atoms with Gasteiger partial charge in [0.1, 0.15) is 5.75 Å². The van der Waals surface area contributed by atoms with Crippen LogP contribution in [0, 0.1) is 0 Å². The lowest BCUT2D eigenvalue weighted by Crippen LogP contribution is -2.32. The molecule has 0 spiro atoms. The fraction of sp³-hybridized carbons (Fsp3) is 0.471. The first-order valence-electron chi connectivity index (χ1n) is 7.90.